The third-order valence-corrected chi connectivity index (χ3v) is 6.46. The number of rotatable bonds is 7. The zero-order valence-corrected chi connectivity index (χ0v) is 16.8. The number of hydrogen-bond donors (Lipinski definition) is 0. The van der Waals surface area contributed by atoms with E-state index in [0.717, 1.165) is 28.1 Å². The van der Waals surface area contributed by atoms with Gasteiger partial charge in [0.25, 0.3) is 5.91 Å². The fourth-order valence-corrected chi connectivity index (χ4v) is 4.69. The molecule has 1 aliphatic heterocycles. The molecule has 1 amide bonds. The molecule has 0 bridgehead atoms. The maximum Gasteiger partial charge on any atom is 0.265 e. The smallest absolute Gasteiger partial charge is 0.265 e. The van der Waals surface area contributed by atoms with Gasteiger partial charge in [0.15, 0.2) is 5.82 Å². The summed E-state index contributed by atoms with van der Waals surface area (Å²) < 4.78 is 11.2. The molecular weight excluding hydrogens is 364 g/mol. The summed E-state index contributed by atoms with van der Waals surface area (Å²) in [5.74, 6) is 2.23. The summed E-state index contributed by atoms with van der Waals surface area (Å²) in [6.45, 7) is 6.53. The number of amides is 1. The van der Waals surface area contributed by atoms with Gasteiger partial charge >= 0.3 is 0 Å². The van der Waals surface area contributed by atoms with E-state index < -0.39 is 0 Å². The van der Waals surface area contributed by atoms with Gasteiger partial charge in [0, 0.05) is 26.1 Å². The first-order valence-corrected chi connectivity index (χ1v) is 10.6. The topological polar surface area (TPSA) is 81.4 Å². The van der Waals surface area contributed by atoms with Crippen LogP contribution in [0.4, 0.5) is 0 Å². The Labute approximate surface area is 163 Å². The first-order valence-electron chi connectivity index (χ1n) is 9.73. The summed E-state index contributed by atoms with van der Waals surface area (Å²) in [6.07, 6.45) is 5.94. The second-order valence-corrected chi connectivity index (χ2v) is 8.78. The van der Waals surface area contributed by atoms with E-state index in [1.54, 1.807) is 0 Å². The molecule has 0 spiro atoms. The highest BCUT2D eigenvalue weighted by Gasteiger charge is 2.37. The zero-order valence-electron chi connectivity index (χ0n) is 15.9. The van der Waals surface area contributed by atoms with Crippen molar-refractivity contribution in [2.24, 2.45) is 5.92 Å². The minimum Gasteiger partial charge on any atom is -0.381 e. The molecule has 2 aromatic heterocycles. The fraction of sp³-hybridized carbons (Fsp3) is 0.684. The predicted octanol–water partition coefficient (Wildman–Crippen LogP) is 3.13. The molecule has 0 N–H and O–H groups in total. The van der Waals surface area contributed by atoms with Gasteiger partial charge in [0.1, 0.15) is 4.88 Å². The summed E-state index contributed by atoms with van der Waals surface area (Å²) in [5.41, 5.74) is 0.809. The largest absolute Gasteiger partial charge is 0.381 e. The number of nitrogens with zero attached hydrogens (tertiary/aromatic N) is 4. The first kappa shape index (κ1) is 18.6. The van der Waals surface area contributed by atoms with Gasteiger partial charge in [0.2, 0.25) is 5.89 Å². The van der Waals surface area contributed by atoms with Gasteiger partial charge in [-0.05, 0) is 32.6 Å². The average molecular weight is 391 g/mol. The molecular formula is C19H26N4O3S. The standard InChI is InChI=1S/C19H26N4O3S/c1-12-17(27-13(2)20-12)19(24)23-9-15(10-23)18-21-16(22-26-18)7-8-25-11-14-5-3-4-6-14/h14-15H,3-11H2,1-2H3. The van der Waals surface area contributed by atoms with Crippen molar-refractivity contribution in [2.45, 2.75) is 51.9 Å². The fourth-order valence-electron chi connectivity index (χ4n) is 3.80. The van der Waals surface area contributed by atoms with E-state index in [-0.39, 0.29) is 11.8 Å². The maximum atomic E-state index is 12.5. The Morgan fingerprint density at radius 1 is 1.26 bits per heavy atom. The van der Waals surface area contributed by atoms with Crippen LogP contribution in [0.15, 0.2) is 4.52 Å². The lowest BCUT2D eigenvalue weighted by Gasteiger charge is -2.36. The van der Waals surface area contributed by atoms with Crippen molar-refractivity contribution >= 4 is 17.2 Å². The molecule has 146 valence electrons. The highest BCUT2D eigenvalue weighted by atomic mass is 32.1. The number of hydrogen-bond acceptors (Lipinski definition) is 7. The van der Waals surface area contributed by atoms with Gasteiger partial charge in [-0.2, -0.15) is 4.98 Å². The summed E-state index contributed by atoms with van der Waals surface area (Å²) in [6, 6.07) is 0. The van der Waals surface area contributed by atoms with Crippen molar-refractivity contribution < 1.29 is 14.1 Å². The monoisotopic (exact) mass is 390 g/mol. The summed E-state index contributed by atoms with van der Waals surface area (Å²) in [7, 11) is 0. The van der Waals surface area contributed by atoms with Crippen LogP contribution in [-0.4, -0.2) is 52.2 Å². The van der Waals surface area contributed by atoms with Crippen LogP contribution in [0.3, 0.4) is 0 Å². The van der Waals surface area contributed by atoms with Crippen molar-refractivity contribution in [1.82, 2.24) is 20.0 Å². The van der Waals surface area contributed by atoms with Crippen LogP contribution in [0.5, 0.6) is 0 Å². The number of aryl methyl sites for hydroxylation is 2. The van der Waals surface area contributed by atoms with Crippen LogP contribution in [-0.2, 0) is 11.2 Å². The summed E-state index contributed by atoms with van der Waals surface area (Å²) in [5, 5.41) is 4.98. The van der Waals surface area contributed by atoms with Crippen molar-refractivity contribution in [1.29, 1.82) is 0 Å². The Kier molecular flexibility index (Phi) is 5.54. The number of carbonyl (C=O) groups is 1. The number of carbonyl (C=O) groups excluding carboxylic acids is 1. The SMILES string of the molecule is Cc1nc(C)c(C(=O)N2CC(c3nc(CCOCC4CCCC4)no3)C2)s1. The maximum absolute atomic E-state index is 12.5. The summed E-state index contributed by atoms with van der Waals surface area (Å²) >= 11 is 1.45. The molecule has 7 nitrogen and oxygen atoms in total. The van der Waals surface area contributed by atoms with Crippen molar-refractivity contribution in [3.05, 3.63) is 27.3 Å². The third kappa shape index (κ3) is 4.21. The van der Waals surface area contributed by atoms with Gasteiger partial charge < -0.3 is 14.2 Å². The predicted molar refractivity (Wildman–Crippen MR) is 101 cm³/mol. The molecule has 1 saturated carbocycles. The molecule has 27 heavy (non-hydrogen) atoms. The first-order chi connectivity index (χ1) is 13.1. The van der Waals surface area contributed by atoms with Crippen LogP contribution in [0.1, 0.15) is 63.7 Å². The van der Waals surface area contributed by atoms with E-state index in [4.69, 9.17) is 9.26 Å². The molecule has 0 atom stereocenters. The van der Waals surface area contributed by atoms with Crippen molar-refractivity contribution in [3.63, 3.8) is 0 Å². The zero-order chi connectivity index (χ0) is 18.8. The summed E-state index contributed by atoms with van der Waals surface area (Å²) in [4.78, 5) is 23.9. The van der Waals surface area contributed by atoms with E-state index in [1.807, 2.05) is 18.7 Å². The van der Waals surface area contributed by atoms with Gasteiger partial charge in [-0.3, -0.25) is 4.79 Å². The lowest BCUT2D eigenvalue weighted by molar-refractivity contribution is 0.0573. The highest BCUT2D eigenvalue weighted by molar-refractivity contribution is 7.13. The Bertz CT molecular complexity index is 791. The Morgan fingerprint density at radius 2 is 2.04 bits per heavy atom. The number of thiazole rings is 1. The number of ether oxygens (including phenoxy) is 1. The van der Waals surface area contributed by atoms with Crippen LogP contribution >= 0.6 is 11.3 Å². The number of aromatic nitrogens is 3. The van der Waals surface area contributed by atoms with E-state index >= 15 is 0 Å². The molecule has 2 fully saturated rings. The quantitative estimate of drug-likeness (QED) is 0.676. The van der Waals surface area contributed by atoms with E-state index in [9.17, 15) is 4.79 Å². The molecule has 2 aliphatic rings. The Balaban J connectivity index is 1.22. The van der Waals surface area contributed by atoms with E-state index in [0.29, 0.717) is 37.8 Å². The minimum atomic E-state index is 0.0504. The van der Waals surface area contributed by atoms with Crippen LogP contribution in [0, 0.1) is 19.8 Å². The molecule has 8 heteroatoms. The normalized spacial score (nSPS) is 18.2. The molecule has 3 heterocycles. The molecule has 1 aliphatic carbocycles. The van der Waals surface area contributed by atoms with Crippen LogP contribution < -0.4 is 0 Å². The molecule has 0 unspecified atom stereocenters. The van der Waals surface area contributed by atoms with Crippen LogP contribution in [0.2, 0.25) is 0 Å². The Hall–Kier alpha value is -1.80. The molecule has 4 rings (SSSR count). The average Bonchev–Trinajstić information content (AvgIpc) is 3.32. The van der Waals surface area contributed by atoms with Crippen molar-refractivity contribution in [3.8, 4) is 0 Å². The van der Waals surface area contributed by atoms with Gasteiger partial charge in [-0.15, -0.1) is 11.3 Å². The van der Waals surface area contributed by atoms with Crippen LogP contribution in [0.25, 0.3) is 0 Å². The second kappa shape index (κ2) is 8.06. The highest BCUT2D eigenvalue weighted by Crippen LogP contribution is 2.29. The molecule has 1 saturated heterocycles. The molecule has 0 radical (unpaired) electrons. The van der Waals surface area contributed by atoms with Gasteiger partial charge in [0.05, 0.1) is 23.2 Å². The lowest BCUT2D eigenvalue weighted by Crippen LogP contribution is -2.48. The van der Waals surface area contributed by atoms with Gasteiger partial charge in [-0.25, -0.2) is 4.98 Å². The van der Waals surface area contributed by atoms with Gasteiger partial charge in [-0.1, -0.05) is 18.0 Å². The molecule has 0 aromatic carbocycles. The minimum absolute atomic E-state index is 0.0504. The van der Waals surface area contributed by atoms with E-state index in [1.165, 1.54) is 37.0 Å². The second-order valence-electron chi connectivity index (χ2n) is 7.58. The van der Waals surface area contributed by atoms with Crippen molar-refractivity contribution in [2.75, 3.05) is 26.3 Å². The molecule has 2 aromatic rings. The van der Waals surface area contributed by atoms with E-state index in [2.05, 4.69) is 15.1 Å². The lowest BCUT2D eigenvalue weighted by atomic mass is 10.00. The third-order valence-electron chi connectivity index (χ3n) is 5.40. The Morgan fingerprint density at radius 3 is 2.74 bits per heavy atom. The number of likely N-dealkylation sites (tertiary alicyclic amines) is 1.